The Morgan fingerprint density at radius 2 is 1.64 bits per heavy atom. The van der Waals surface area contributed by atoms with Crippen LogP contribution in [0.2, 0.25) is 5.02 Å². The van der Waals surface area contributed by atoms with Gasteiger partial charge in [0.05, 0.1) is 9.95 Å². The van der Waals surface area contributed by atoms with Crippen molar-refractivity contribution in [2.45, 2.75) is 0 Å². The number of esters is 1. The highest BCUT2D eigenvalue weighted by Crippen LogP contribution is 2.19. The number of halogens is 1. The minimum absolute atomic E-state index is 0.209. The number of rotatable bonds is 5. The zero-order valence-corrected chi connectivity index (χ0v) is 11.9. The third-order valence-corrected chi connectivity index (χ3v) is 3.16. The Hall–Kier alpha value is -2.73. The normalized spacial score (nSPS) is 10.0. The van der Waals surface area contributed by atoms with Crippen LogP contribution in [0.3, 0.4) is 0 Å². The predicted molar refractivity (Wildman–Crippen MR) is 79.2 cm³/mol. The molecule has 0 amide bonds. The first-order valence-electron chi connectivity index (χ1n) is 6.19. The number of hydrogen-bond acceptors (Lipinski definition) is 5. The van der Waals surface area contributed by atoms with E-state index in [9.17, 15) is 19.7 Å². The summed E-state index contributed by atoms with van der Waals surface area (Å²) >= 11 is 5.87. The van der Waals surface area contributed by atoms with E-state index in [4.69, 9.17) is 16.3 Å². The van der Waals surface area contributed by atoms with E-state index >= 15 is 0 Å². The van der Waals surface area contributed by atoms with Gasteiger partial charge in [-0.1, -0.05) is 35.9 Å². The van der Waals surface area contributed by atoms with Crippen LogP contribution in [0.4, 0.5) is 5.69 Å². The first kappa shape index (κ1) is 15.7. The topological polar surface area (TPSA) is 86.5 Å². The van der Waals surface area contributed by atoms with Gasteiger partial charge in [0.2, 0.25) is 5.78 Å². The number of nitrogens with zero attached hydrogens (tertiary/aromatic N) is 1. The van der Waals surface area contributed by atoms with E-state index in [-0.39, 0.29) is 21.8 Å². The summed E-state index contributed by atoms with van der Waals surface area (Å²) in [5, 5.41) is 11.1. The van der Waals surface area contributed by atoms with Crippen LogP contribution in [0.15, 0.2) is 48.5 Å². The number of ether oxygens (including phenoxy) is 1. The Kier molecular flexibility index (Phi) is 4.85. The molecule has 0 spiro atoms. The quantitative estimate of drug-likeness (QED) is 0.365. The Labute approximate surface area is 130 Å². The zero-order valence-electron chi connectivity index (χ0n) is 11.2. The van der Waals surface area contributed by atoms with Crippen LogP contribution < -0.4 is 0 Å². The molecule has 0 aliphatic carbocycles. The second kappa shape index (κ2) is 6.82. The van der Waals surface area contributed by atoms with Gasteiger partial charge >= 0.3 is 5.97 Å². The molecule has 112 valence electrons. The fraction of sp³-hybridized carbons (Fsp3) is 0.0667. The van der Waals surface area contributed by atoms with Crippen molar-refractivity contribution in [3.63, 3.8) is 0 Å². The van der Waals surface area contributed by atoms with Crippen LogP contribution in [0.5, 0.6) is 0 Å². The minimum Gasteiger partial charge on any atom is -0.454 e. The summed E-state index contributed by atoms with van der Waals surface area (Å²) in [4.78, 5) is 34.0. The van der Waals surface area contributed by atoms with E-state index in [1.807, 2.05) is 0 Å². The highest BCUT2D eigenvalue weighted by molar-refractivity contribution is 6.34. The number of nitro benzene ring substituents is 1. The van der Waals surface area contributed by atoms with Crippen LogP contribution in [0.25, 0.3) is 0 Å². The highest BCUT2D eigenvalue weighted by atomic mass is 35.5. The number of ketones is 1. The molecular formula is C15H10ClNO5. The van der Waals surface area contributed by atoms with Gasteiger partial charge in [0, 0.05) is 11.6 Å². The molecule has 0 unspecified atom stereocenters. The Balaban J connectivity index is 2.09. The van der Waals surface area contributed by atoms with E-state index < -0.39 is 23.3 Å². The van der Waals surface area contributed by atoms with Crippen molar-refractivity contribution in [2.24, 2.45) is 0 Å². The molecule has 22 heavy (non-hydrogen) atoms. The molecule has 2 rings (SSSR count). The standard InChI is InChI=1S/C15H10ClNO5/c16-12-7-3-1-5-10(12)14(18)9-22-15(19)11-6-2-4-8-13(11)17(20)21/h1-8H,9H2. The maximum absolute atomic E-state index is 11.9. The molecule has 0 atom stereocenters. The fourth-order valence-electron chi connectivity index (χ4n) is 1.78. The molecule has 0 N–H and O–H groups in total. The van der Waals surface area contributed by atoms with Gasteiger partial charge in [-0.2, -0.15) is 0 Å². The van der Waals surface area contributed by atoms with Gasteiger partial charge in [0.1, 0.15) is 5.56 Å². The number of carbonyl (C=O) groups is 2. The second-order valence-corrected chi connectivity index (χ2v) is 4.66. The van der Waals surface area contributed by atoms with Crippen molar-refractivity contribution in [3.8, 4) is 0 Å². The Morgan fingerprint density at radius 1 is 1.05 bits per heavy atom. The largest absolute Gasteiger partial charge is 0.454 e. The minimum atomic E-state index is -0.937. The predicted octanol–water partition coefficient (Wildman–Crippen LogP) is 3.29. The van der Waals surface area contributed by atoms with Crippen molar-refractivity contribution in [1.82, 2.24) is 0 Å². The van der Waals surface area contributed by atoms with Crippen LogP contribution in [0, 0.1) is 10.1 Å². The van der Waals surface area contributed by atoms with Gasteiger partial charge in [-0.25, -0.2) is 4.79 Å². The molecule has 0 saturated carbocycles. The molecule has 6 nitrogen and oxygen atoms in total. The van der Waals surface area contributed by atoms with Crippen molar-refractivity contribution < 1.29 is 19.2 Å². The van der Waals surface area contributed by atoms with E-state index in [1.165, 1.54) is 30.3 Å². The lowest BCUT2D eigenvalue weighted by Crippen LogP contribution is -2.15. The number of carbonyl (C=O) groups excluding carboxylic acids is 2. The summed E-state index contributed by atoms with van der Waals surface area (Å²) in [5.74, 6) is -1.43. The summed E-state index contributed by atoms with van der Waals surface area (Å²) in [7, 11) is 0. The first-order chi connectivity index (χ1) is 10.5. The lowest BCUT2D eigenvalue weighted by Gasteiger charge is -2.06. The summed E-state index contributed by atoms with van der Waals surface area (Å²) in [6, 6.07) is 11.7. The zero-order chi connectivity index (χ0) is 16.1. The van der Waals surface area contributed by atoms with Gasteiger partial charge in [0.15, 0.2) is 6.61 Å². The molecule has 0 aliphatic heterocycles. The van der Waals surface area contributed by atoms with E-state index in [0.717, 1.165) is 0 Å². The van der Waals surface area contributed by atoms with Crippen molar-refractivity contribution in [1.29, 1.82) is 0 Å². The van der Waals surface area contributed by atoms with Crippen molar-refractivity contribution in [2.75, 3.05) is 6.61 Å². The molecule has 0 fully saturated rings. The van der Waals surface area contributed by atoms with Gasteiger partial charge in [-0.3, -0.25) is 14.9 Å². The highest BCUT2D eigenvalue weighted by Gasteiger charge is 2.21. The smallest absolute Gasteiger partial charge is 0.345 e. The third kappa shape index (κ3) is 3.48. The molecule has 0 heterocycles. The maximum Gasteiger partial charge on any atom is 0.345 e. The molecule has 2 aromatic rings. The average molecular weight is 320 g/mol. The molecule has 2 aromatic carbocycles. The van der Waals surface area contributed by atoms with Gasteiger partial charge < -0.3 is 4.74 Å². The lowest BCUT2D eigenvalue weighted by atomic mass is 10.1. The van der Waals surface area contributed by atoms with Crippen LogP contribution >= 0.6 is 11.6 Å². The number of nitro groups is 1. The number of Topliss-reactive ketones (excluding diaryl/α,β-unsaturated/α-hetero) is 1. The van der Waals surface area contributed by atoms with E-state index in [0.29, 0.717) is 0 Å². The molecule has 0 aliphatic rings. The SMILES string of the molecule is O=C(COC(=O)c1ccccc1[N+](=O)[O-])c1ccccc1Cl. The Bertz CT molecular complexity index is 744. The summed E-state index contributed by atoms with van der Waals surface area (Å²) in [5.41, 5.74) is -0.364. The molecule has 0 radical (unpaired) electrons. The Morgan fingerprint density at radius 3 is 2.27 bits per heavy atom. The number of para-hydroxylation sites is 1. The van der Waals surface area contributed by atoms with E-state index in [1.54, 1.807) is 18.2 Å². The summed E-state index contributed by atoms with van der Waals surface area (Å²) < 4.78 is 4.84. The molecule has 0 aromatic heterocycles. The summed E-state index contributed by atoms with van der Waals surface area (Å²) in [6.07, 6.45) is 0. The first-order valence-corrected chi connectivity index (χ1v) is 6.57. The lowest BCUT2D eigenvalue weighted by molar-refractivity contribution is -0.385. The van der Waals surface area contributed by atoms with Crippen molar-refractivity contribution in [3.05, 3.63) is 74.8 Å². The molecule has 7 heteroatoms. The number of benzene rings is 2. The van der Waals surface area contributed by atoms with Crippen LogP contribution in [-0.4, -0.2) is 23.3 Å². The van der Waals surface area contributed by atoms with E-state index in [2.05, 4.69) is 0 Å². The monoisotopic (exact) mass is 319 g/mol. The number of hydrogen-bond donors (Lipinski definition) is 0. The van der Waals surface area contributed by atoms with Crippen molar-refractivity contribution >= 4 is 29.0 Å². The maximum atomic E-state index is 11.9. The van der Waals surface area contributed by atoms with Crippen LogP contribution in [0.1, 0.15) is 20.7 Å². The van der Waals surface area contributed by atoms with Gasteiger partial charge in [-0.15, -0.1) is 0 Å². The van der Waals surface area contributed by atoms with Gasteiger partial charge in [0.25, 0.3) is 5.69 Å². The third-order valence-electron chi connectivity index (χ3n) is 2.83. The second-order valence-electron chi connectivity index (χ2n) is 4.25. The molecule has 0 bridgehead atoms. The van der Waals surface area contributed by atoms with Gasteiger partial charge in [-0.05, 0) is 18.2 Å². The average Bonchev–Trinajstić information content (AvgIpc) is 2.52. The molecule has 0 saturated heterocycles. The molecular weight excluding hydrogens is 310 g/mol. The summed E-state index contributed by atoms with van der Waals surface area (Å²) in [6.45, 7) is -0.547. The van der Waals surface area contributed by atoms with Crippen LogP contribution in [-0.2, 0) is 4.74 Å². The fourth-order valence-corrected chi connectivity index (χ4v) is 2.02.